The van der Waals surface area contributed by atoms with Crippen LogP contribution in [0, 0.1) is 0 Å². The van der Waals surface area contributed by atoms with E-state index >= 15 is 0 Å². The molecule has 0 spiro atoms. The molecule has 47 heavy (non-hydrogen) atoms. The van der Waals surface area contributed by atoms with E-state index in [1.165, 1.54) is 0 Å². The van der Waals surface area contributed by atoms with E-state index in [4.69, 9.17) is 31.3 Å². The van der Waals surface area contributed by atoms with Crippen LogP contribution in [0.4, 0.5) is 26.8 Å². The fraction of sp³-hybridized carbons (Fsp3) is 0.242. The predicted octanol–water partition coefficient (Wildman–Crippen LogP) is 6.95. The number of hydrogen-bond donors (Lipinski definition) is 4. The predicted molar refractivity (Wildman–Crippen MR) is 183 cm³/mol. The van der Waals surface area contributed by atoms with Gasteiger partial charge in [-0.1, -0.05) is 44.1 Å². The van der Waals surface area contributed by atoms with Gasteiger partial charge in [-0.3, -0.25) is 10.2 Å². The number of amides is 4. The molecule has 0 fully saturated rings. The smallest absolute Gasteiger partial charge is 0.324 e. The molecule has 0 radical (unpaired) electrons. The number of halogens is 1. The van der Waals surface area contributed by atoms with Crippen molar-refractivity contribution in [3.63, 3.8) is 0 Å². The van der Waals surface area contributed by atoms with Crippen LogP contribution in [0.25, 0.3) is 5.69 Å². The molecule has 0 saturated carbocycles. The Hall–Kier alpha value is -4.85. The van der Waals surface area contributed by atoms with E-state index in [1.807, 2.05) is 62.2 Å². The van der Waals surface area contributed by atoms with Crippen LogP contribution in [0.5, 0.6) is 17.2 Å². The lowest BCUT2D eigenvalue weighted by atomic mass is 9.92. The second kappa shape index (κ2) is 13.1. The fourth-order valence-corrected chi connectivity index (χ4v) is 6.46. The van der Waals surface area contributed by atoms with Crippen LogP contribution in [0.1, 0.15) is 26.5 Å². The summed E-state index contributed by atoms with van der Waals surface area (Å²) in [5.41, 5.74) is 2.45. The Morgan fingerprint density at radius 2 is 1.77 bits per heavy atom. The minimum absolute atomic E-state index is 0.123. The van der Waals surface area contributed by atoms with Crippen molar-refractivity contribution in [3.05, 3.63) is 89.8 Å². The van der Waals surface area contributed by atoms with E-state index in [1.54, 1.807) is 71.1 Å². The van der Waals surface area contributed by atoms with Crippen molar-refractivity contribution in [1.82, 2.24) is 20.0 Å². The molecular weight excluding hydrogens is 642 g/mol. The highest BCUT2D eigenvalue weighted by Crippen LogP contribution is 2.48. The first-order valence-electron chi connectivity index (χ1n) is 14.8. The van der Waals surface area contributed by atoms with Crippen molar-refractivity contribution < 1.29 is 24.2 Å². The number of rotatable bonds is 8. The van der Waals surface area contributed by atoms with Gasteiger partial charge in [0, 0.05) is 47.1 Å². The van der Waals surface area contributed by atoms with Gasteiger partial charge in [0.25, 0.3) is 0 Å². The van der Waals surface area contributed by atoms with Crippen molar-refractivity contribution >= 4 is 52.6 Å². The molecule has 12 nitrogen and oxygen atoms in total. The third-order valence-corrected chi connectivity index (χ3v) is 8.93. The third-order valence-electron chi connectivity index (χ3n) is 7.37. The number of aliphatic hydroxyl groups is 1. The molecule has 3 heterocycles. The van der Waals surface area contributed by atoms with Crippen molar-refractivity contribution in [1.29, 1.82) is 0 Å². The first-order valence-corrected chi connectivity index (χ1v) is 16.0. The Labute approximate surface area is 281 Å². The summed E-state index contributed by atoms with van der Waals surface area (Å²) in [6.07, 6.45) is 3.56. The molecule has 0 aliphatic carbocycles. The summed E-state index contributed by atoms with van der Waals surface area (Å²) in [5.74, 6) is 2.23. The molecule has 2 aliphatic heterocycles. The zero-order valence-corrected chi connectivity index (χ0v) is 27.7. The number of hydrogen-bond acceptors (Lipinski definition) is 8. The SMILES string of the molecule is COc1ccc(-n2nc(C(C)(C)C)cc2NC(=O)Nc2ccc(Oc3ccc4c(c3)N3C=CN(C(=O)NCCO)C3S4)cc2)cc1Cl. The van der Waals surface area contributed by atoms with Gasteiger partial charge in [0.15, 0.2) is 5.50 Å². The first-order chi connectivity index (χ1) is 22.5. The topological polar surface area (TPSA) is 133 Å². The van der Waals surface area contributed by atoms with E-state index in [9.17, 15) is 9.59 Å². The van der Waals surface area contributed by atoms with Crippen LogP contribution in [0.15, 0.2) is 84.0 Å². The number of aromatic nitrogens is 2. The second-order valence-corrected chi connectivity index (χ2v) is 13.2. The lowest BCUT2D eigenvalue weighted by molar-refractivity contribution is 0.210. The van der Waals surface area contributed by atoms with Crippen molar-refractivity contribution in [3.8, 4) is 22.9 Å². The largest absolute Gasteiger partial charge is 0.495 e. The van der Waals surface area contributed by atoms with Gasteiger partial charge in [-0.05, 0) is 54.6 Å². The number of ether oxygens (including phenoxy) is 2. The van der Waals surface area contributed by atoms with E-state index in [2.05, 4.69) is 16.0 Å². The second-order valence-electron chi connectivity index (χ2n) is 11.7. The van der Waals surface area contributed by atoms with Crippen molar-refractivity contribution in [2.24, 2.45) is 0 Å². The zero-order chi connectivity index (χ0) is 33.3. The van der Waals surface area contributed by atoms with Crippen LogP contribution in [-0.4, -0.2) is 57.6 Å². The lowest BCUT2D eigenvalue weighted by Crippen LogP contribution is -2.43. The molecule has 2 aliphatic rings. The number of methoxy groups -OCH3 is 1. The van der Waals surface area contributed by atoms with Gasteiger partial charge >= 0.3 is 12.1 Å². The molecule has 3 aromatic carbocycles. The van der Waals surface area contributed by atoms with Crippen LogP contribution >= 0.6 is 23.4 Å². The summed E-state index contributed by atoms with van der Waals surface area (Å²) in [5, 5.41) is 22.6. The molecule has 1 unspecified atom stereocenters. The average molecular weight is 676 g/mol. The summed E-state index contributed by atoms with van der Waals surface area (Å²) in [7, 11) is 1.55. The normalized spacial score (nSPS) is 14.9. The Morgan fingerprint density at radius 1 is 1.00 bits per heavy atom. The number of aliphatic hydroxyl groups excluding tert-OH is 1. The van der Waals surface area contributed by atoms with Crippen molar-refractivity contribution in [2.75, 3.05) is 35.8 Å². The number of fused-ring (bicyclic) bond motifs is 3. The molecule has 1 aromatic heterocycles. The average Bonchev–Trinajstić information content (AvgIpc) is 3.75. The summed E-state index contributed by atoms with van der Waals surface area (Å²) < 4.78 is 13.0. The highest BCUT2D eigenvalue weighted by molar-refractivity contribution is 8.00. The van der Waals surface area contributed by atoms with Crippen LogP contribution in [0.3, 0.4) is 0 Å². The molecule has 244 valence electrons. The quantitative estimate of drug-likeness (QED) is 0.158. The van der Waals surface area contributed by atoms with Gasteiger partial charge in [-0.15, -0.1) is 0 Å². The number of nitrogens with zero attached hydrogens (tertiary/aromatic N) is 4. The minimum Gasteiger partial charge on any atom is -0.495 e. The first kappa shape index (κ1) is 32.1. The van der Waals surface area contributed by atoms with E-state index in [-0.39, 0.29) is 30.1 Å². The Bertz CT molecular complexity index is 1840. The highest BCUT2D eigenvalue weighted by atomic mass is 35.5. The minimum atomic E-state index is -0.441. The number of urea groups is 2. The molecule has 4 aromatic rings. The van der Waals surface area contributed by atoms with Gasteiger partial charge < -0.3 is 30.1 Å². The maximum absolute atomic E-state index is 13.1. The van der Waals surface area contributed by atoms with Gasteiger partial charge in [0.2, 0.25) is 0 Å². The maximum Gasteiger partial charge on any atom is 0.324 e. The molecule has 0 saturated heterocycles. The molecule has 4 amide bonds. The van der Waals surface area contributed by atoms with Crippen LogP contribution < -0.4 is 30.3 Å². The number of carbonyl (C=O) groups is 2. The summed E-state index contributed by atoms with van der Waals surface area (Å²) in [6, 6.07) is 19.2. The van der Waals surface area contributed by atoms with Gasteiger partial charge in [0.05, 0.1) is 35.8 Å². The summed E-state index contributed by atoms with van der Waals surface area (Å²) in [6.45, 7) is 6.21. The molecule has 14 heteroatoms. The van der Waals surface area contributed by atoms with Crippen molar-refractivity contribution in [2.45, 2.75) is 36.6 Å². The third kappa shape index (κ3) is 6.82. The zero-order valence-electron chi connectivity index (χ0n) is 26.2. The maximum atomic E-state index is 13.1. The molecular formula is C33H34ClN7O5S. The number of carbonyl (C=O) groups excluding carboxylic acids is 2. The van der Waals surface area contributed by atoms with Crippen LogP contribution in [0.2, 0.25) is 5.02 Å². The Morgan fingerprint density at radius 3 is 2.47 bits per heavy atom. The molecule has 4 N–H and O–H groups in total. The Kier molecular flexibility index (Phi) is 8.95. The summed E-state index contributed by atoms with van der Waals surface area (Å²) in [4.78, 5) is 30.2. The molecule has 1 atom stereocenters. The standard InChI is InChI=1S/C33H34ClN7O5S/c1-33(2,3)28-19-29(41(38-28)21-7-11-26(45-4)24(34)17-21)37-30(43)36-20-5-8-22(9-6-20)46-23-10-12-27-25(18-23)39-14-15-40(32(39)47-27)31(44)35-13-16-42/h5-12,14-15,17-19,32,42H,13,16H2,1-4H3,(H,35,44)(H2,36,37,43). The number of thioether (sulfide) groups is 1. The van der Waals surface area contributed by atoms with E-state index < -0.39 is 6.03 Å². The monoisotopic (exact) mass is 675 g/mol. The highest BCUT2D eigenvalue weighted by Gasteiger charge is 2.39. The van der Waals surface area contributed by atoms with Crippen LogP contribution in [-0.2, 0) is 5.41 Å². The summed E-state index contributed by atoms with van der Waals surface area (Å²) >= 11 is 7.93. The Balaban J connectivity index is 1.11. The van der Waals surface area contributed by atoms with Gasteiger partial charge in [-0.25, -0.2) is 14.3 Å². The fourth-order valence-electron chi connectivity index (χ4n) is 4.98. The van der Waals surface area contributed by atoms with Gasteiger partial charge in [-0.2, -0.15) is 5.10 Å². The van der Waals surface area contributed by atoms with E-state index in [0.29, 0.717) is 39.5 Å². The molecule has 6 rings (SSSR count). The number of benzene rings is 3. The van der Waals surface area contributed by atoms with E-state index in [0.717, 1.165) is 16.3 Å². The molecule has 0 bridgehead atoms. The number of nitrogens with one attached hydrogen (secondary N) is 3. The lowest BCUT2D eigenvalue weighted by Gasteiger charge is -2.24. The van der Waals surface area contributed by atoms with Gasteiger partial charge in [0.1, 0.15) is 23.1 Å². The number of anilines is 3.